The number of carbonyl (C=O) groups excluding carboxylic acids is 2. The van der Waals surface area contributed by atoms with Crippen LogP contribution >= 0.6 is 15.9 Å². The Hall–Kier alpha value is -2.16. The van der Waals surface area contributed by atoms with Crippen molar-refractivity contribution in [3.05, 3.63) is 32.8 Å². The smallest absolute Gasteiger partial charge is 0.415 e. The summed E-state index contributed by atoms with van der Waals surface area (Å²) in [4.78, 5) is 35.7. The van der Waals surface area contributed by atoms with E-state index in [9.17, 15) is 19.7 Å². The molecule has 144 valence electrons. The minimum absolute atomic E-state index is 0.0798. The number of halogens is 1. The van der Waals surface area contributed by atoms with Crippen LogP contribution < -0.4 is 4.90 Å². The molecule has 0 saturated heterocycles. The Morgan fingerprint density at radius 3 is 2.46 bits per heavy atom. The van der Waals surface area contributed by atoms with Crippen LogP contribution in [0.15, 0.2) is 22.7 Å². The first-order valence-corrected chi connectivity index (χ1v) is 8.78. The fraction of sp³-hybridized carbons (Fsp3) is 0.529. The fourth-order valence-electron chi connectivity index (χ4n) is 2.08. The predicted octanol–water partition coefficient (Wildman–Crippen LogP) is 4.30. The minimum Gasteiger partial charge on any atom is -0.466 e. The molecule has 9 heteroatoms. The van der Waals surface area contributed by atoms with Gasteiger partial charge in [-0.2, -0.15) is 0 Å². The fourth-order valence-corrected chi connectivity index (χ4v) is 2.43. The molecule has 1 aromatic rings. The molecule has 0 aliphatic carbocycles. The van der Waals surface area contributed by atoms with E-state index in [-0.39, 0.29) is 30.4 Å². The molecular weight excluding hydrogens is 408 g/mol. The second-order valence-corrected chi connectivity index (χ2v) is 7.80. The second-order valence-electron chi connectivity index (χ2n) is 6.89. The van der Waals surface area contributed by atoms with Gasteiger partial charge in [0.25, 0.3) is 5.69 Å². The zero-order chi connectivity index (χ0) is 20.1. The van der Waals surface area contributed by atoms with Crippen LogP contribution in [-0.2, 0) is 14.3 Å². The van der Waals surface area contributed by atoms with Crippen LogP contribution in [0.4, 0.5) is 16.2 Å². The van der Waals surface area contributed by atoms with Crippen molar-refractivity contribution in [1.82, 2.24) is 0 Å². The lowest BCUT2D eigenvalue weighted by molar-refractivity contribution is -0.384. The molecule has 1 rings (SSSR count). The van der Waals surface area contributed by atoms with E-state index in [0.29, 0.717) is 4.47 Å². The highest BCUT2D eigenvalue weighted by Gasteiger charge is 2.30. The minimum atomic E-state index is -0.769. The summed E-state index contributed by atoms with van der Waals surface area (Å²) in [6, 6.07) is 4.32. The molecule has 0 radical (unpaired) electrons. The molecule has 0 fully saturated rings. The van der Waals surface area contributed by atoms with Crippen molar-refractivity contribution < 1.29 is 24.0 Å². The molecule has 0 aliphatic heterocycles. The summed E-state index contributed by atoms with van der Waals surface area (Å²) in [5.74, 6) is -0.695. The molecule has 8 nitrogen and oxygen atoms in total. The number of carbonyl (C=O) groups is 2. The summed E-state index contributed by atoms with van der Waals surface area (Å²) in [5.41, 5.74) is -0.887. The number of nitrogens with zero attached hydrogens (tertiary/aromatic N) is 2. The van der Waals surface area contributed by atoms with E-state index in [1.807, 2.05) is 0 Å². The molecule has 26 heavy (non-hydrogen) atoms. The molecule has 0 bridgehead atoms. The number of ether oxygens (including phenoxy) is 2. The Balaban J connectivity index is 3.23. The van der Waals surface area contributed by atoms with Gasteiger partial charge in [-0.25, -0.2) is 4.79 Å². The number of rotatable bonds is 6. The molecule has 0 N–H and O–H groups in total. The van der Waals surface area contributed by atoms with Gasteiger partial charge in [0, 0.05) is 29.9 Å². The third-order valence-electron chi connectivity index (χ3n) is 3.10. The first-order valence-electron chi connectivity index (χ1n) is 7.98. The molecule has 0 aromatic heterocycles. The molecule has 1 aromatic carbocycles. The number of nitro benzene ring substituents is 1. The maximum absolute atomic E-state index is 12.7. The molecule has 1 amide bonds. The Morgan fingerprint density at radius 2 is 1.96 bits per heavy atom. The normalized spacial score (nSPS) is 12.2. The van der Waals surface area contributed by atoms with Crippen molar-refractivity contribution in [3.63, 3.8) is 0 Å². The largest absolute Gasteiger partial charge is 0.466 e. The Bertz CT molecular complexity index is 686. The lowest BCUT2D eigenvalue weighted by Crippen LogP contribution is -2.40. The van der Waals surface area contributed by atoms with E-state index < -0.39 is 22.6 Å². The summed E-state index contributed by atoms with van der Waals surface area (Å²) in [6.45, 7) is 8.35. The highest BCUT2D eigenvalue weighted by atomic mass is 79.9. The predicted molar refractivity (Wildman–Crippen MR) is 100 cm³/mol. The standard InChI is InChI=1S/C17H23BrN2O6/c1-11(10-25-12(2)21)9-19(16(22)26-17(3,4)5)15-8-13(18)6-7-14(15)20(23)24/h6-8,11H,9-10H2,1-5H3/t11-/m0/s1. The van der Waals surface area contributed by atoms with Gasteiger partial charge in [0.15, 0.2) is 0 Å². The molecular formula is C17H23BrN2O6. The topological polar surface area (TPSA) is 99.0 Å². The number of hydrogen-bond acceptors (Lipinski definition) is 6. The second kappa shape index (κ2) is 8.98. The van der Waals surface area contributed by atoms with Crippen LogP contribution in [0.1, 0.15) is 34.6 Å². The van der Waals surface area contributed by atoms with Crippen molar-refractivity contribution in [2.45, 2.75) is 40.2 Å². The summed E-state index contributed by atoms with van der Waals surface area (Å²) in [6.07, 6.45) is -0.714. The van der Waals surface area contributed by atoms with Gasteiger partial charge < -0.3 is 9.47 Å². The van der Waals surface area contributed by atoms with Crippen LogP contribution in [0.2, 0.25) is 0 Å². The highest BCUT2D eigenvalue weighted by Crippen LogP contribution is 2.33. The van der Waals surface area contributed by atoms with Gasteiger partial charge in [-0.1, -0.05) is 22.9 Å². The SMILES string of the molecule is CC(=O)OC[C@@H](C)CN(C(=O)OC(C)(C)C)c1cc(Br)ccc1[N+](=O)[O-]. The third kappa shape index (κ3) is 6.99. The number of hydrogen-bond donors (Lipinski definition) is 0. The van der Waals surface area contributed by atoms with Crippen LogP contribution in [-0.4, -0.2) is 35.7 Å². The Labute approximate surface area is 160 Å². The van der Waals surface area contributed by atoms with E-state index in [1.165, 1.54) is 30.0 Å². The highest BCUT2D eigenvalue weighted by molar-refractivity contribution is 9.10. The van der Waals surface area contributed by atoms with Gasteiger partial charge in [-0.05, 0) is 32.9 Å². The lowest BCUT2D eigenvalue weighted by Gasteiger charge is -2.29. The van der Waals surface area contributed by atoms with E-state index in [4.69, 9.17) is 9.47 Å². The Kier molecular flexibility index (Phi) is 7.55. The number of amides is 1. The van der Waals surface area contributed by atoms with Gasteiger partial charge >= 0.3 is 12.1 Å². The van der Waals surface area contributed by atoms with Crippen LogP contribution in [0, 0.1) is 16.0 Å². The first-order chi connectivity index (χ1) is 11.9. The summed E-state index contributed by atoms with van der Waals surface area (Å²) < 4.78 is 10.9. The van der Waals surface area contributed by atoms with Crippen LogP contribution in [0.5, 0.6) is 0 Å². The van der Waals surface area contributed by atoms with Crippen molar-refractivity contribution in [1.29, 1.82) is 0 Å². The first kappa shape index (κ1) is 21.9. The van der Waals surface area contributed by atoms with Crippen LogP contribution in [0.25, 0.3) is 0 Å². The summed E-state index contributed by atoms with van der Waals surface area (Å²) in [5, 5.41) is 11.4. The number of anilines is 1. The summed E-state index contributed by atoms with van der Waals surface area (Å²) >= 11 is 3.27. The lowest BCUT2D eigenvalue weighted by atomic mass is 10.1. The van der Waals surface area contributed by atoms with E-state index >= 15 is 0 Å². The van der Waals surface area contributed by atoms with Gasteiger partial charge in [0.05, 0.1) is 11.5 Å². The number of esters is 1. The van der Waals surface area contributed by atoms with Crippen molar-refractivity contribution in [3.8, 4) is 0 Å². The zero-order valence-electron chi connectivity index (χ0n) is 15.4. The monoisotopic (exact) mass is 430 g/mol. The maximum atomic E-state index is 12.7. The van der Waals surface area contributed by atoms with Crippen molar-refractivity contribution >= 4 is 39.4 Å². The molecule has 0 heterocycles. The number of benzene rings is 1. The van der Waals surface area contributed by atoms with Crippen molar-refractivity contribution in [2.24, 2.45) is 5.92 Å². The molecule has 0 aliphatic rings. The van der Waals surface area contributed by atoms with Gasteiger partial charge in [0.2, 0.25) is 0 Å². The third-order valence-corrected chi connectivity index (χ3v) is 3.60. The Morgan fingerprint density at radius 1 is 1.35 bits per heavy atom. The average Bonchev–Trinajstić information content (AvgIpc) is 2.48. The van der Waals surface area contributed by atoms with Gasteiger partial charge in [-0.3, -0.25) is 19.8 Å². The number of nitro groups is 1. The zero-order valence-corrected chi connectivity index (χ0v) is 17.0. The maximum Gasteiger partial charge on any atom is 0.415 e. The van der Waals surface area contributed by atoms with E-state index in [0.717, 1.165) is 0 Å². The molecule has 0 spiro atoms. The van der Waals surface area contributed by atoms with Gasteiger partial charge in [0.1, 0.15) is 11.3 Å². The van der Waals surface area contributed by atoms with Crippen LogP contribution in [0.3, 0.4) is 0 Å². The average molecular weight is 431 g/mol. The molecule has 0 saturated carbocycles. The van der Waals surface area contributed by atoms with Gasteiger partial charge in [-0.15, -0.1) is 0 Å². The molecule has 1 atom stereocenters. The van der Waals surface area contributed by atoms with Crippen molar-refractivity contribution in [2.75, 3.05) is 18.1 Å². The van der Waals surface area contributed by atoms with E-state index in [2.05, 4.69) is 15.9 Å². The molecule has 0 unspecified atom stereocenters. The quantitative estimate of drug-likeness (QED) is 0.378. The van der Waals surface area contributed by atoms with E-state index in [1.54, 1.807) is 27.7 Å². The summed E-state index contributed by atoms with van der Waals surface area (Å²) in [7, 11) is 0.